The molecular formula is C25H31N7O. The summed E-state index contributed by atoms with van der Waals surface area (Å²) in [5.74, 6) is 2.65. The highest BCUT2D eigenvalue weighted by molar-refractivity contribution is 5.96. The zero-order valence-corrected chi connectivity index (χ0v) is 19.0. The maximum absolute atomic E-state index is 6.40. The molecule has 1 aliphatic carbocycles. The number of benzene rings is 2. The number of hydrogen-bond donors (Lipinski definition) is 3. The number of ether oxygens (including phenoxy) is 1. The van der Waals surface area contributed by atoms with E-state index in [1.54, 1.807) is 7.11 Å². The molecule has 5 rings (SSSR count). The van der Waals surface area contributed by atoms with Crippen LogP contribution in [-0.2, 0) is 6.54 Å². The molecular weight excluding hydrogens is 414 g/mol. The number of rotatable bonds is 6. The van der Waals surface area contributed by atoms with E-state index in [9.17, 15) is 0 Å². The van der Waals surface area contributed by atoms with Crippen LogP contribution in [0.5, 0.6) is 5.75 Å². The number of anilines is 1. The average molecular weight is 446 g/mol. The van der Waals surface area contributed by atoms with Gasteiger partial charge in [0.2, 0.25) is 5.95 Å². The molecule has 0 amide bonds. The monoisotopic (exact) mass is 445 g/mol. The third kappa shape index (κ3) is 4.62. The topological polar surface area (TPSA) is 115 Å². The van der Waals surface area contributed by atoms with E-state index >= 15 is 0 Å². The maximum Gasteiger partial charge on any atom is 0.222 e. The van der Waals surface area contributed by atoms with Crippen molar-refractivity contribution >= 4 is 28.5 Å². The fourth-order valence-corrected chi connectivity index (χ4v) is 4.74. The average Bonchev–Trinajstić information content (AvgIpc) is 2.79. The maximum atomic E-state index is 6.40. The van der Waals surface area contributed by atoms with Gasteiger partial charge in [0.15, 0.2) is 5.82 Å². The van der Waals surface area contributed by atoms with Gasteiger partial charge in [-0.25, -0.2) is 9.98 Å². The van der Waals surface area contributed by atoms with Crippen LogP contribution >= 0.6 is 0 Å². The van der Waals surface area contributed by atoms with Crippen molar-refractivity contribution in [2.75, 3.05) is 39.0 Å². The van der Waals surface area contributed by atoms with E-state index in [4.69, 9.17) is 16.2 Å². The molecule has 5 N–H and O–H groups in total. The molecule has 0 atom stereocenters. The lowest BCUT2D eigenvalue weighted by molar-refractivity contribution is 0.233. The van der Waals surface area contributed by atoms with Gasteiger partial charge in [-0.1, -0.05) is 30.3 Å². The van der Waals surface area contributed by atoms with Crippen LogP contribution in [0.1, 0.15) is 29.9 Å². The van der Waals surface area contributed by atoms with Crippen LogP contribution in [0, 0.1) is 5.92 Å². The van der Waals surface area contributed by atoms with Crippen molar-refractivity contribution in [3.8, 4) is 5.75 Å². The molecule has 8 nitrogen and oxygen atoms in total. The fraction of sp³-hybridized carbons (Fsp3) is 0.400. The second-order valence-corrected chi connectivity index (χ2v) is 8.93. The quantitative estimate of drug-likeness (QED) is 0.395. The molecule has 0 unspecified atom stereocenters. The third-order valence-electron chi connectivity index (χ3n) is 6.76. The minimum absolute atomic E-state index is 0.158. The first kappa shape index (κ1) is 21.6. The summed E-state index contributed by atoms with van der Waals surface area (Å²) in [5, 5.41) is 4.18. The summed E-state index contributed by atoms with van der Waals surface area (Å²) < 4.78 is 5.41. The van der Waals surface area contributed by atoms with Crippen LogP contribution < -0.4 is 21.5 Å². The van der Waals surface area contributed by atoms with Gasteiger partial charge in [-0.05, 0) is 42.0 Å². The number of piperazine rings is 1. The minimum atomic E-state index is 0.158. The number of amidine groups is 1. The summed E-state index contributed by atoms with van der Waals surface area (Å²) in [6.07, 6.45) is 1.99. The number of fused-ring (bicyclic) bond motifs is 1. The van der Waals surface area contributed by atoms with Crippen LogP contribution in [0.3, 0.4) is 0 Å². The first-order chi connectivity index (χ1) is 16.1. The van der Waals surface area contributed by atoms with Crippen LogP contribution in [-0.4, -0.2) is 54.0 Å². The molecule has 2 aromatic carbocycles. The first-order valence-corrected chi connectivity index (χ1v) is 11.6. The van der Waals surface area contributed by atoms with Crippen molar-refractivity contribution in [2.45, 2.75) is 25.3 Å². The zero-order chi connectivity index (χ0) is 22.8. The molecule has 2 heterocycles. The number of methoxy groups -OCH3 is 1. The summed E-state index contributed by atoms with van der Waals surface area (Å²) in [4.78, 5) is 15.8. The Kier molecular flexibility index (Phi) is 6.11. The second-order valence-electron chi connectivity index (χ2n) is 8.93. The zero-order valence-electron chi connectivity index (χ0n) is 19.0. The lowest BCUT2D eigenvalue weighted by atomic mass is 9.71. The van der Waals surface area contributed by atoms with Gasteiger partial charge >= 0.3 is 0 Å². The minimum Gasteiger partial charge on any atom is -0.494 e. The van der Waals surface area contributed by atoms with Gasteiger partial charge in [0.25, 0.3) is 0 Å². The fourth-order valence-electron chi connectivity index (χ4n) is 4.74. The Bertz CT molecular complexity index is 1150. The largest absolute Gasteiger partial charge is 0.494 e. The first-order valence-electron chi connectivity index (χ1n) is 11.6. The molecule has 0 bridgehead atoms. The molecule has 1 saturated heterocycles. The van der Waals surface area contributed by atoms with Gasteiger partial charge in [-0.3, -0.25) is 4.90 Å². The Morgan fingerprint density at radius 2 is 1.88 bits per heavy atom. The Morgan fingerprint density at radius 1 is 1.12 bits per heavy atom. The Hall–Kier alpha value is -3.23. The van der Waals surface area contributed by atoms with Gasteiger partial charge in [0.05, 0.1) is 7.11 Å². The summed E-state index contributed by atoms with van der Waals surface area (Å²) >= 11 is 0. The number of aromatic nitrogens is 2. The van der Waals surface area contributed by atoms with Crippen LogP contribution in [0.15, 0.2) is 47.5 Å². The summed E-state index contributed by atoms with van der Waals surface area (Å²) in [6.45, 7) is 5.41. The number of nitrogens with one attached hydrogen (secondary N) is 1. The van der Waals surface area contributed by atoms with Gasteiger partial charge in [-0.15, -0.1) is 0 Å². The van der Waals surface area contributed by atoms with E-state index < -0.39 is 0 Å². The van der Waals surface area contributed by atoms with Crippen molar-refractivity contribution in [3.05, 3.63) is 53.6 Å². The van der Waals surface area contributed by atoms with E-state index in [0.29, 0.717) is 28.8 Å². The lowest BCUT2D eigenvalue weighted by Gasteiger charge is -2.35. The number of aliphatic imine (C=N–C) groups is 1. The van der Waals surface area contributed by atoms with Crippen molar-refractivity contribution in [2.24, 2.45) is 16.6 Å². The molecule has 172 valence electrons. The molecule has 2 aliphatic rings. The molecule has 2 fully saturated rings. The molecule has 1 aliphatic heterocycles. The molecule has 0 spiro atoms. The Morgan fingerprint density at radius 3 is 2.61 bits per heavy atom. The molecule has 1 saturated carbocycles. The highest BCUT2D eigenvalue weighted by Gasteiger charge is 2.33. The molecule has 3 aromatic rings. The SMILES string of the molecule is COc1cccc2c(N=C(N)C3CC(c4ccc(CN5CCNCC5)cc4)C3)nc(N)nc12. The van der Waals surface area contributed by atoms with Crippen molar-refractivity contribution < 1.29 is 4.74 Å². The predicted octanol–water partition coefficient (Wildman–Crippen LogP) is 2.81. The molecule has 8 heteroatoms. The number of nitrogens with zero attached hydrogens (tertiary/aromatic N) is 4. The molecule has 0 radical (unpaired) electrons. The molecule has 33 heavy (non-hydrogen) atoms. The smallest absolute Gasteiger partial charge is 0.222 e. The summed E-state index contributed by atoms with van der Waals surface area (Å²) in [7, 11) is 1.61. The normalized spacial score (nSPS) is 21.7. The van der Waals surface area contributed by atoms with Crippen LogP contribution in [0.4, 0.5) is 11.8 Å². The number of nitrogens with two attached hydrogens (primary N) is 2. The second kappa shape index (κ2) is 9.33. The number of hydrogen-bond acceptors (Lipinski definition) is 7. The van der Waals surface area contributed by atoms with Gasteiger partial charge < -0.3 is 21.5 Å². The van der Waals surface area contributed by atoms with E-state index in [1.165, 1.54) is 11.1 Å². The van der Waals surface area contributed by atoms with Crippen LogP contribution in [0.25, 0.3) is 10.9 Å². The van der Waals surface area contributed by atoms with E-state index in [0.717, 1.165) is 51.0 Å². The van der Waals surface area contributed by atoms with Crippen molar-refractivity contribution in [3.63, 3.8) is 0 Å². The Balaban J connectivity index is 1.25. The van der Waals surface area contributed by atoms with Crippen molar-refractivity contribution in [1.29, 1.82) is 0 Å². The Labute approximate surface area is 194 Å². The lowest BCUT2D eigenvalue weighted by Crippen LogP contribution is -2.42. The van der Waals surface area contributed by atoms with E-state index in [-0.39, 0.29) is 11.9 Å². The van der Waals surface area contributed by atoms with Gasteiger partial charge in [0, 0.05) is 44.0 Å². The van der Waals surface area contributed by atoms with E-state index in [1.807, 2.05) is 18.2 Å². The van der Waals surface area contributed by atoms with Crippen molar-refractivity contribution in [1.82, 2.24) is 20.2 Å². The third-order valence-corrected chi connectivity index (χ3v) is 6.76. The number of para-hydroxylation sites is 1. The summed E-state index contributed by atoms with van der Waals surface area (Å²) in [5.41, 5.74) is 15.7. The standard InChI is InChI=1S/C25H31N7O/c1-33-21-4-2-3-20-22(21)29-25(27)31-24(20)30-23(26)19-13-18(14-19)17-7-5-16(6-8-17)15-32-11-9-28-10-12-32/h2-8,18-19,28H,9-15H2,1H3,(H4,26,27,29,30,31). The highest BCUT2D eigenvalue weighted by Crippen LogP contribution is 2.42. The predicted molar refractivity (Wildman–Crippen MR) is 132 cm³/mol. The van der Waals surface area contributed by atoms with E-state index in [2.05, 4.69) is 49.4 Å². The van der Waals surface area contributed by atoms with Gasteiger partial charge in [-0.2, -0.15) is 4.98 Å². The van der Waals surface area contributed by atoms with Crippen LogP contribution in [0.2, 0.25) is 0 Å². The summed E-state index contributed by atoms with van der Waals surface area (Å²) in [6, 6.07) is 14.7. The molecule has 1 aromatic heterocycles. The van der Waals surface area contributed by atoms with Gasteiger partial charge in [0.1, 0.15) is 17.1 Å². The number of nitrogen functional groups attached to an aromatic ring is 1. The highest BCUT2D eigenvalue weighted by atomic mass is 16.5.